The average molecular weight is 361 g/mol. The van der Waals surface area contributed by atoms with Crippen LogP contribution in [0.2, 0.25) is 0 Å². The summed E-state index contributed by atoms with van der Waals surface area (Å²) in [6.07, 6.45) is 5.21. The first-order valence-electron chi connectivity index (χ1n) is 9.70. The zero-order valence-corrected chi connectivity index (χ0v) is 15.3. The third-order valence-electron chi connectivity index (χ3n) is 5.87. The Morgan fingerprint density at radius 1 is 1.07 bits per heavy atom. The van der Waals surface area contributed by atoms with Crippen molar-refractivity contribution in [3.8, 4) is 11.3 Å². The van der Waals surface area contributed by atoms with E-state index in [1.165, 1.54) is 17.0 Å². The SMILES string of the molecule is O=C(C1CCn2nccc2C1)N1CCc2[nH]nc(-c3ccccc3)c2CC1. The molecule has 5 rings (SSSR count). The molecule has 2 aromatic heterocycles. The Morgan fingerprint density at radius 2 is 1.93 bits per heavy atom. The lowest BCUT2D eigenvalue weighted by molar-refractivity contribution is -0.136. The predicted molar refractivity (Wildman–Crippen MR) is 102 cm³/mol. The minimum Gasteiger partial charge on any atom is -0.342 e. The third-order valence-corrected chi connectivity index (χ3v) is 5.87. The number of hydrogen-bond acceptors (Lipinski definition) is 3. The van der Waals surface area contributed by atoms with Gasteiger partial charge in [0.15, 0.2) is 0 Å². The van der Waals surface area contributed by atoms with Crippen molar-refractivity contribution in [3.05, 3.63) is 59.5 Å². The van der Waals surface area contributed by atoms with Crippen molar-refractivity contribution in [2.45, 2.75) is 32.2 Å². The predicted octanol–water partition coefficient (Wildman–Crippen LogP) is 2.46. The van der Waals surface area contributed by atoms with Crippen LogP contribution in [0.15, 0.2) is 42.6 Å². The van der Waals surface area contributed by atoms with Crippen LogP contribution in [0.1, 0.15) is 23.4 Å². The van der Waals surface area contributed by atoms with Gasteiger partial charge in [0.05, 0.1) is 5.69 Å². The molecule has 6 heteroatoms. The van der Waals surface area contributed by atoms with E-state index in [1.807, 2.05) is 35.1 Å². The Balaban J connectivity index is 1.32. The molecular weight excluding hydrogens is 338 g/mol. The lowest BCUT2D eigenvalue weighted by Crippen LogP contribution is -2.40. The lowest BCUT2D eigenvalue weighted by atomic mass is 9.94. The van der Waals surface area contributed by atoms with Gasteiger partial charge in [-0.1, -0.05) is 30.3 Å². The van der Waals surface area contributed by atoms with Gasteiger partial charge in [-0.05, 0) is 18.9 Å². The topological polar surface area (TPSA) is 66.8 Å². The molecule has 3 aromatic rings. The van der Waals surface area contributed by atoms with Crippen LogP contribution in [-0.2, 0) is 30.6 Å². The molecule has 1 unspecified atom stereocenters. The monoisotopic (exact) mass is 361 g/mol. The fourth-order valence-corrected chi connectivity index (χ4v) is 4.37. The number of hydrogen-bond donors (Lipinski definition) is 1. The summed E-state index contributed by atoms with van der Waals surface area (Å²) in [5.41, 5.74) is 5.77. The van der Waals surface area contributed by atoms with Gasteiger partial charge in [-0.25, -0.2) is 0 Å². The number of aromatic nitrogens is 4. The Labute approximate surface area is 158 Å². The first-order chi connectivity index (χ1) is 13.3. The lowest BCUT2D eigenvalue weighted by Gasteiger charge is -2.29. The summed E-state index contributed by atoms with van der Waals surface area (Å²) in [6, 6.07) is 12.3. The Morgan fingerprint density at radius 3 is 2.81 bits per heavy atom. The molecule has 0 saturated heterocycles. The van der Waals surface area contributed by atoms with Gasteiger partial charge in [0.25, 0.3) is 0 Å². The van der Waals surface area contributed by atoms with Crippen molar-refractivity contribution in [3.63, 3.8) is 0 Å². The fourth-order valence-electron chi connectivity index (χ4n) is 4.37. The minimum absolute atomic E-state index is 0.0809. The quantitative estimate of drug-likeness (QED) is 0.762. The van der Waals surface area contributed by atoms with Crippen LogP contribution in [-0.4, -0.2) is 43.9 Å². The molecule has 2 aliphatic heterocycles. The highest BCUT2D eigenvalue weighted by Gasteiger charge is 2.30. The second-order valence-corrected chi connectivity index (χ2v) is 7.46. The van der Waals surface area contributed by atoms with Crippen LogP contribution < -0.4 is 0 Å². The van der Waals surface area contributed by atoms with Crippen molar-refractivity contribution in [1.82, 2.24) is 24.9 Å². The van der Waals surface area contributed by atoms with Crippen LogP contribution >= 0.6 is 0 Å². The van der Waals surface area contributed by atoms with Crippen LogP contribution in [0.5, 0.6) is 0 Å². The van der Waals surface area contributed by atoms with Crippen molar-refractivity contribution in [2.75, 3.05) is 13.1 Å². The number of H-pyrrole nitrogens is 1. The Kier molecular flexibility index (Phi) is 4.03. The smallest absolute Gasteiger partial charge is 0.226 e. The zero-order valence-electron chi connectivity index (χ0n) is 15.3. The van der Waals surface area contributed by atoms with Gasteiger partial charge < -0.3 is 4.90 Å². The van der Waals surface area contributed by atoms with Crippen LogP contribution in [0, 0.1) is 5.92 Å². The van der Waals surface area contributed by atoms with E-state index >= 15 is 0 Å². The summed E-state index contributed by atoms with van der Waals surface area (Å²) in [4.78, 5) is 15.2. The first-order valence-corrected chi connectivity index (χ1v) is 9.70. The summed E-state index contributed by atoms with van der Waals surface area (Å²) in [5, 5.41) is 12.1. The molecule has 0 aliphatic carbocycles. The Bertz CT molecular complexity index is 958. The second-order valence-electron chi connectivity index (χ2n) is 7.46. The highest BCUT2D eigenvalue weighted by molar-refractivity contribution is 5.79. The highest BCUT2D eigenvalue weighted by Crippen LogP contribution is 2.28. The largest absolute Gasteiger partial charge is 0.342 e. The maximum absolute atomic E-state index is 13.1. The number of aromatic amines is 1. The molecule has 1 N–H and O–H groups in total. The maximum atomic E-state index is 13.1. The van der Waals surface area contributed by atoms with E-state index in [0.717, 1.165) is 56.6 Å². The van der Waals surface area contributed by atoms with Gasteiger partial charge in [0.2, 0.25) is 5.91 Å². The average Bonchev–Trinajstić information content (AvgIpc) is 3.29. The molecule has 1 aromatic carbocycles. The molecule has 0 fully saturated rings. The van der Waals surface area contributed by atoms with Gasteiger partial charge in [-0.3, -0.25) is 14.6 Å². The van der Waals surface area contributed by atoms with Crippen LogP contribution in [0.3, 0.4) is 0 Å². The molecule has 0 radical (unpaired) electrons. The molecule has 1 amide bonds. The summed E-state index contributed by atoms with van der Waals surface area (Å²) in [7, 11) is 0. The number of rotatable bonds is 2. The van der Waals surface area contributed by atoms with E-state index in [2.05, 4.69) is 32.3 Å². The summed E-state index contributed by atoms with van der Waals surface area (Å²) >= 11 is 0. The van der Waals surface area contributed by atoms with Crippen molar-refractivity contribution >= 4 is 5.91 Å². The molecule has 0 bridgehead atoms. The zero-order chi connectivity index (χ0) is 18.2. The Hall–Kier alpha value is -2.89. The van der Waals surface area contributed by atoms with E-state index in [9.17, 15) is 4.79 Å². The number of benzene rings is 1. The number of aryl methyl sites for hydroxylation is 1. The molecule has 4 heterocycles. The third kappa shape index (κ3) is 2.95. The normalized spacial score (nSPS) is 19.3. The number of nitrogens with one attached hydrogen (secondary N) is 1. The van der Waals surface area contributed by atoms with E-state index < -0.39 is 0 Å². The number of carbonyl (C=O) groups excluding carboxylic acids is 1. The summed E-state index contributed by atoms with van der Waals surface area (Å²) in [5.74, 6) is 0.374. The minimum atomic E-state index is 0.0809. The molecule has 6 nitrogen and oxygen atoms in total. The molecule has 0 saturated carbocycles. The van der Waals surface area contributed by atoms with Crippen LogP contribution in [0.4, 0.5) is 0 Å². The summed E-state index contributed by atoms with van der Waals surface area (Å²) < 4.78 is 2.02. The number of nitrogens with zero attached hydrogens (tertiary/aromatic N) is 4. The fraction of sp³-hybridized carbons (Fsp3) is 0.381. The summed E-state index contributed by atoms with van der Waals surface area (Å²) in [6.45, 7) is 2.37. The molecule has 2 aliphatic rings. The van der Waals surface area contributed by atoms with Crippen molar-refractivity contribution < 1.29 is 4.79 Å². The highest BCUT2D eigenvalue weighted by atomic mass is 16.2. The number of carbonyl (C=O) groups is 1. The number of amides is 1. The molecule has 1 atom stereocenters. The van der Waals surface area contributed by atoms with Gasteiger partial charge >= 0.3 is 0 Å². The molecule has 27 heavy (non-hydrogen) atoms. The molecular formula is C21H23N5O. The van der Waals surface area contributed by atoms with E-state index in [1.54, 1.807) is 0 Å². The maximum Gasteiger partial charge on any atom is 0.226 e. The van der Waals surface area contributed by atoms with Crippen molar-refractivity contribution in [1.29, 1.82) is 0 Å². The van der Waals surface area contributed by atoms with Crippen molar-refractivity contribution in [2.24, 2.45) is 5.92 Å². The van der Waals surface area contributed by atoms with E-state index in [0.29, 0.717) is 5.91 Å². The number of fused-ring (bicyclic) bond motifs is 2. The second kappa shape index (κ2) is 6.68. The van der Waals surface area contributed by atoms with Gasteiger partial charge in [0, 0.05) is 67.1 Å². The molecule has 138 valence electrons. The van der Waals surface area contributed by atoms with E-state index in [4.69, 9.17) is 0 Å². The molecule has 0 spiro atoms. The van der Waals surface area contributed by atoms with Gasteiger partial charge in [0.1, 0.15) is 0 Å². The van der Waals surface area contributed by atoms with E-state index in [-0.39, 0.29) is 5.92 Å². The van der Waals surface area contributed by atoms with Crippen LogP contribution in [0.25, 0.3) is 11.3 Å². The standard InChI is InChI=1S/C21H23N5O/c27-21(16-7-13-26-17(14-16)6-10-22-26)25-11-8-18-19(9-12-25)23-24-20(18)15-4-2-1-3-5-15/h1-6,10,16H,7-9,11-14H2,(H,23,24). The first kappa shape index (κ1) is 16.3. The van der Waals surface area contributed by atoms with Gasteiger partial charge in [-0.15, -0.1) is 0 Å². The van der Waals surface area contributed by atoms with Gasteiger partial charge in [-0.2, -0.15) is 10.2 Å².